The first kappa shape index (κ1) is 17.9. The van der Waals surface area contributed by atoms with E-state index >= 15 is 0 Å². The van der Waals surface area contributed by atoms with Crippen LogP contribution in [-0.4, -0.2) is 69.1 Å². The number of aromatic nitrogens is 7. The van der Waals surface area contributed by atoms with Crippen molar-refractivity contribution in [2.45, 2.75) is 31.2 Å². The molecule has 4 aromatic heterocycles. The van der Waals surface area contributed by atoms with Gasteiger partial charge in [-0.25, -0.2) is 19.9 Å². The number of pyridine rings is 1. The van der Waals surface area contributed by atoms with E-state index in [1.807, 2.05) is 10.6 Å². The molecule has 0 radical (unpaired) electrons. The molecule has 5 N–H and O–H groups in total. The Balaban J connectivity index is 1.29. The van der Waals surface area contributed by atoms with E-state index in [-0.39, 0.29) is 5.82 Å². The Labute approximate surface area is 164 Å². The summed E-state index contributed by atoms with van der Waals surface area (Å²) in [5.74, 6) is 0.239. The van der Waals surface area contributed by atoms with Crippen LogP contribution in [0.2, 0.25) is 0 Å². The van der Waals surface area contributed by atoms with Crippen molar-refractivity contribution in [2.75, 3.05) is 12.3 Å². The average Bonchev–Trinajstić information content (AvgIpc) is 3.41. The highest BCUT2D eigenvalue weighted by Crippen LogP contribution is 2.31. The van der Waals surface area contributed by atoms with Crippen LogP contribution in [0.3, 0.4) is 0 Å². The van der Waals surface area contributed by atoms with E-state index < -0.39 is 24.5 Å². The van der Waals surface area contributed by atoms with Gasteiger partial charge in [-0.1, -0.05) is 0 Å². The smallest absolute Gasteiger partial charge is 0.167 e. The predicted molar refractivity (Wildman–Crippen MR) is 101 cm³/mol. The fraction of sp³-hybridized carbons (Fsp3) is 0.353. The number of nitrogens with one attached hydrogen (secondary N) is 1. The van der Waals surface area contributed by atoms with Crippen molar-refractivity contribution in [3.8, 4) is 0 Å². The number of anilines is 1. The minimum atomic E-state index is -1.14. The van der Waals surface area contributed by atoms with Crippen molar-refractivity contribution in [1.82, 2.24) is 39.4 Å². The van der Waals surface area contributed by atoms with Crippen molar-refractivity contribution in [1.29, 1.82) is 0 Å². The number of imidazole rings is 2. The number of aliphatic hydroxyl groups excluding tert-OH is 2. The van der Waals surface area contributed by atoms with Gasteiger partial charge in [0.25, 0.3) is 0 Å². The normalized spacial score (nSPS) is 24.6. The lowest BCUT2D eigenvalue weighted by Gasteiger charge is -2.16. The van der Waals surface area contributed by atoms with Gasteiger partial charge in [-0.3, -0.25) is 14.9 Å². The molecule has 4 atom stereocenters. The summed E-state index contributed by atoms with van der Waals surface area (Å²) in [6, 6.07) is 1.88. The van der Waals surface area contributed by atoms with E-state index in [0.717, 1.165) is 11.0 Å². The van der Waals surface area contributed by atoms with E-state index in [0.29, 0.717) is 24.4 Å². The number of fused-ring (bicyclic) bond motifs is 2. The fourth-order valence-corrected chi connectivity index (χ4v) is 3.55. The third-order valence-electron chi connectivity index (χ3n) is 5.05. The molecule has 4 aromatic rings. The molecule has 5 heterocycles. The maximum Gasteiger partial charge on any atom is 0.167 e. The summed E-state index contributed by atoms with van der Waals surface area (Å²) < 4.78 is 9.39. The molecule has 0 aromatic carbocycles. The molecule has 1 aliphatic rings. The molecule has 0 saturated carbocycles. The first-order valence-corrected chi connectivity index (χ1v) is 9.03. The third kappa shape index (κ3) is 2.98. The van der Waals surface area contributed by atoms with Crippen LogP contribution >= 0.6 is 0 Å². The molecule has 12 nitrogen and oxygen atoms in total. The van der Waals surface area contributed by atoms with Crippen molar-refractivity contribution in [2.24, 2.45) is 0 Å². The minimum Gasteiger partial charge on any atom is -0.387 e. The molecule has 4 unspecified atom stereocenters. The van der Waals surface area contributed by atoms with Gasteiger partial charge in [0.2, 0.25) is 0 Å². The van der Waals surface area contributed by atoms with Crippen LogP contribution in [0.25, 0.3) is 22.2 Å². The van der Waals surface area contributed by atoms with Crippen LogP contribution < -0.4 is 11.1 Å². The number of aliphatic hydroxyl groups is 2. The van der Waals surface area contributed by atoms with Crippen molar-refractivity contribution >= 4 is 28.0 Å². The van der Waals surface area contributed by atoms with Gasteiger partial charge in [-0.15, -0.1) is 0 Å². The number of rotatable bonds is 5. The maximum absolute atomic E-state index is 10.5. The zero-order valence-electron chi connectivity index (χ0n) is 15.2. The summed E-state index contributed by atoms with van der Waals surface area (Å²) in [6.45, 7) is 0.787. The van der Waals surface area contributed by atoms with Gasteiger partial charge in [-0.2, -0.15) is 0 Å². The lowest BCUT2D eigenvalue weighted by molar-refractivity contribution is -0.0345. The zero-order chi connectivity index (χ0) is 20.0. The Morgan fingerprint density at radius 3 is 2.93 bits per heavy atom. The third-order valence-corrected chi connectivity index (χ3v) is 5.05. The molecule has 0 bridgehead atoms. The highest BCUT2D eigenvalue weighted by Gasteiger charge is 2.44. The van der Waals surface area contributed by atoms with Gasteiger partial charge in [0.05, 0.1) is 31.0 Å². The highest BCUT2D eigenvalue weighted by atomic mass is 16.6. The minimum absolute atomic E-state index is 0.239. The monoisotopic (exact) mass is 397 g/mol. The number of nitrogens with two attached hydrogens (primary N) is 1. The molecule has 5 rings (SSSR count). The molecular formula is C17H19N9O3. The Morgan fingerprint density at radius 1 is 1.14 bits per heavy atom. The highest BCUT2D eigenvalue weighted by molar-refractivity contribution is 5.81. The van der Waals surface area contributed by atoms with E-state index in [9.17, 15) is 10.2 Å². The standard InChI is InChI=1S/C17H19N9O3/c18-15-12-16(22-5-21-15)26(8-24-12)17-14(28)13(27)11(29-17)4-20-6-25-7-23-9-3-19-2-1-10(9)25/h1-3,5,7-8,11,13-14,17,20,27-28H,4,6H2,(H2,18,21,22). The average molecular weight is 397 g/mol. The summed E-state index contributed by atoms with van der Waals surface area (Å²) in [7, 11) is 0. The number of ether oxygens (including phenoxy) is 1. The molecule has 12 heteroatoms. The number of hydrogen-bond donors (Lipinski definition) is 4. The van der Waals surface area contributed by atoms with E-state index in [1.54, 1.807) is 23.3 Å². The van der Waals surface area contributed by atoms with Gasteiger partial charge < -0.3 is 25.3 Å². The Hall–Kier alpha value is -3.19. The SMILES string of the molecule is Nc1ncnc2c1ncn2C1OC(CNCn2cnc3cnccc32)C(O)C1O. The molecular weight excluding hydrogens is 378 g/mol. The quantitative estimate of drug-likeness (QED) is 0.329. The Kier molecular flexibility index (Phi) is 4.32. The predicted octanol–water partition coefficient (Wildman–Crippen LogP) is -0.980. The second-order valence-corrected chi connectivity index (χ2v) is 6.82. The summed E-state index contributed by atoms with van der Waals surface area (Å²) in [5, 5.41) is 24.2. The molecule has 1 fully saturated rings. The lowest BCUT2D eigenvalue weighted by Crippen LogP contribution is -2.38. The van der Waals surface area contributed by atoms with E-state index in [1.165, 1.54) is 12.7 Å². The van der Waals surface area contributed by atoms with Gasteiger partial charge in [0, 0.05) is 12.7 Å². The fourth-order valence-electron chi connectivity index (χ4n) is 3.55. The van der Waals surface area contributed by atoms with Crippen LogP contribution in [0.4, 0.5) is 5.82 Å². The van der Waals surface area contributed by atoms with E-state index in [2.05, 4.69) is 30.2 Å². The molecule has 0 aliphatic carbocycles. The second kappa shape index (κ2) is 7.00. The largest absolute Gasteiger partial charge is 0.387 e. The molecule has 150 valence electrons. The molecule has 29 heavy (non-hydrogen) atoms. The molecule has 0 spiro atoms. The van der Waals surface area contributed by atoms with Crippen LogP contribution in [-0.2, 0) is 11.4 Å². The number of hydrogen-bond acceptors (Lipinski definition) is 10. The molecule has 0 amide bonds. The summed E-state index contributed by atoms with van der Waals surface area (Å²) in [5.41, 5.74) is 8.40. The Bertz CT molecular complexity index is 1160. The first-order valence-electron chi connectivity index (χ1n) is 9.03. The van der Waals surface area contributed by atoms with Crippen LogP contribution in [0.5, 0.6) is 0 Å². The topological polar surface area (TPSA) is 162 Å². The zero-order valence-corrected chi connectivity index (χ0v) is 15.2. The van der Waals surface area contributed by atoms with Gasteiger partial charge in [-0.05, 0) is 6.07 Å². The Morgan fingerprint density at radius 2 is 2.03 bits per heavy atom. The summed E-state index contributed by atoms with van der Waals surface area (Å²) in [4.78, 5) is 20.6. The van der Waals surface area contributed by atoms with E-state index in [4.69, 9.17) is 10.5 Å². The van der Waals surface area contributed by atoms with Crippen LogP contribution in [0, 0.1) is 0 Å². The van der Waals surface area contributed by atoms with Gasteiger partial charge in [0.1, 0.15) is 35.7 Å². The maximum atomic E-state index is 10.5. The van der Waals surface area contributed by atoms with Gasteiger partial charge >= 0.3 is 0 Å². The lowest BCUT2D eigenvalue weighted by atomic mass is 10.1. The van der Waals surface area contributed by atoms with Gasteiger partial charge in [0.15, 0.2) is 17.7 Å². The van der Waals surface area contributed by atoms with Crippen molar-refractivity contribution < 1.29 is 14.9 Å². The van der Waals surface area contributed by atoms with Crippen LogP contribution in [0.15, 0.2) is 37.4 Å². The first-order chi connectivity index (χ1) is 14.1. The second-order valence-electron chi connectivity index (χ2n) is 6.82. The van der Waals surface area contributed by atoms with Crippen molar-refractivity contribution in [3.63, 3.8) is 0 Å². The summed E-state index contributed by atoms with van der Waals surface area (Å²) >= 11 is 0. The molecule has 1 saturated heterocycles. The number of nitrogens with zero attached hydrogens (tertiary/aromatic N) is 7. The van der Waals surface area contributed by atoms with Crippen LogP contribution in [0.1, 0.15) is 6.23 Å². The molecule has 1 aliphatic heterocycles. The number of nitrogen functional groups attached to an aromatic ring is 1. The van der Waals surface area contributed by atoms with Crippen molar-refractivity contribution in [3.05, 3.63) is 37.4 Å². The summed E-state index contributed by atoms with van der Waals surface area (Å²) in [6.07, 6.45) is 4.22.